The largest absolute Gasteiger partial charge is 0.756 e. The summed E-state index contributed by atoms with van der Waals surface area (Å²) in [6.07, 6.45) is 98.0. The van der Waals surface area contributed by atoms with E-state index in [9.17, 15) is 19.0 Å². The van der Waals surface area contributed by atoms with Crippen LogP contribution in [0.1, 0.15) is 348 Å². The first-order valence-corrected chi connectivity index (χ1v) is 39.4. The van der Waals surface area contributed by atoms with Crippen LogP contribution in [0.5, 0.6) is 0 Å². The summed E-state index contributed by atoms with van der Waals surface area (Å²) in [7, 11) is 1.17. The molecule has 0 fully saturated rings. The molecule has 0 bridgehead atoms. The molecule has 522 valence electrons. The maximum Gasteiger partial charge on any atom is 0.306 e. The summed E-state index contributed by atoms with van der Waals surface area (Å²) in [5.41, 5.74) is 0. The number of quaternary nitrogens is 1. The van der Waals surface area contributed by atoms with Crippen molar-refractivity contribution in [1.82, 2.24) is 0 Å². The summed E-state index contributed by atoms with van der Waals surface area (Å²) in [6, 6.07) is 0. The number of rotatable bonds is 70. The van der Waals surface area contributed by atoms with E-state index >= 15 is 0 Å². The number of hydrogen-bond donors (Lipinski definition) is 0. The van der Waals surface area contributed by atoms with E-state index in [1.165, 1.54) is 231 Å². The van der Waals surface area contributed by atoms with E-state index in [1.807, 2.05) is 21.1 Å². The minimum absolute atomic E-state index is 0.0319. The van der Waals surface area contributed by atoms with Crippen LogP contribution < -0.4 is 4.89 Å². The van der Waals surface area contributed by atoms with Crippen LogP contribution in [-0.2, 0) is 32.7 Å². The SMILES string of the molecule is CC/C=C\C/C=C\C/C=C\C/C=C\C/C=C\CCCCCCCCCCCCCCCCCCCCCCCCCC(=O)OC(COC(=O)CCCCCCCCCCCCCC/C=C\C/C=C\C/C=C\CCCCCCC)COP(=O)([O-])OCC[N+](C)(C)C. The van der Waals surface area contributed by atoms with Gasteiger partial charge in [0.25, 0.3) is 7.82 Å². The Kier molecular flexibility index (Phi) is 67.9. The molecule has 10 heteroatoms. The molecule has 0 aliphatic rings. The summed E-state index contributed by atoms with van der Waals surface area (Å²) < 4.78 is 34.4. The molecule has 0 saturated heterocycles. The molecule has 0 N–H and O–H groups in total. The fourth-order valence-corrected chi connectivity index (χ4v) is 11.5. The van der Waals surface area contributed by atoms with E-state index in [0.29, 0.717) is 17.4 Å². The second-order valence-corrected chi connectivity index (χ2v) is 28.0. The van der Waals surface area contributed by atoms with E-state index in [0.717, 1.165) is 83.5 Å². The monoisotopic (exact) mass is 1280 g/mol. The van der Waals surface area contributed by atoms with Crippen molar-refractivity contribution in [3.05, 3.63) is 97.2 Å². The molecular formula is C80H144NO8P. The predicted molar refractivity (Wildman–Crippen MR) is 388 cm³/mol. The first-order chi connectivity index (χ1) is 44.0. The molecule has 0 saturated carbocycles. The molecule has 2 atom stereocenters. The van der Waals surface area contributed by atoms with Crippen LogP contribution in [0.2, 0.25) is 0 Å². The standard InChI is InChI=1S/C80H144NO8P/c1-6-8-10-12-14-16-18-20-22-24-26-28-30-32-34-35-36-37-38-39-40-41-42-43-44-45-47-49-51-53-55-57-59-61-63-65-67-69-71-73-80(83)89-78(77-88-90(84,85)87-75-74-81(3,4)5)76-86-79(82)72-70-68-66-64-62-60-58-56-54-52-50-48-46-33-31-29-27-25-23-21-19-17-15-13-11-9-7-2/h8,10,14,16,19-22,25-28,31-34,78H,6-7,9,11-13,15,17-18,23-24,29-30,35-77H2,1-5H3/b10-8-,16-14-,21-19-,22-20-,27-25-,28-26-,33-31-,34-32-. The lowest BCUT2D eigenvalue weighted by molar-refractivity contribution is -0.870. The van der Waals surface area contributed by atoms with Gasteiger partial charge < -0.3 is 27.9 Å². The zero-order chi connectivity index (χ0) is 65.5. The third kappa shape index (κ3) is 74.0. The Labute approximate surface area is 557 Å². The Morgan fingerprint density at radius 3 is 0.944 bits per heavy atom. The summed E-state index contributed by atoms with van der Waals surface area (Å²) in [6.45, 7) is 4.16. The van der Waals surface area contributed by atoms with E-state index in [4.69, 9.17) is 18.5 Å². The molecular weight excluding hydrogens is 1130 g/mol. The van der Waals surface area contributed by atoms with Gasteiger partial charge in [-0.2, -0.15) is 0 Å². The lowest BCUT2D eigenvalue weighted by Crippen LogP contribution is -2.37. The number of likely N-dealkylation sites (N-methyl/N-ethyl adjacent to an activating group) is 1. The Balaban J connectivity index is 3.96. The lowest BCUT2D eigenvalue weighted by atomic mass is 10.0. The van der Waals surface area contributed by atoms with Crippen LogP contribution in [-0.4, -0.2) is 70.0 Å². The zero-order valence-electron chi connectivity index (χ0n) is 59.6. The zero-order valence-corrected chi connectivity index (χ0v) is 60.5. The number of unbranched alkanes of at least 4 members (excludes halogenated alkanes) is 40. The van der Waals surface area contributed by atoms with Crippen molar-refractivity contribution in [1.29, 1.82) is 0 Å². The van der Waals surface area contributed by atoms with Crippen LogP contribution in [0.3, 0.4) is 0 Å². The predicted octanol–water partition coefficient (Wildman–Crippen LogP) is 24.4. The second-order valence-electron chi connectivity index (χ2n) is 26.6. The molecule has 90 heavy (non-hydrogen) atoms. The number of carbonyl (C=O) groups excluding carboxylic acids is 2. The van der Waals surface area contributed by atoms with Crippen LogP contribution in [0, 0.1) is 0 Å². The molecule has 2 unspecified atom stereocenters. The van der Waals surface area contributed by atoms with Gasteiger partial charge in [0.2, 0.25) is 0 Å². The molecule has 9 nitrogen and oxygen atoms in total. The van der Waals surface area contributed by atoms with Crippen molar-refractivity contribution in [3.8, 4) is 0 Å². The van der Waals surface area contributed by atoms with E-state index in [1.54, 1.807) is 0 Å². The van der Waals surface area contributed by atoms with Crippen LogP contribution in [0.4, 0.5) is 0 Å². The number of phosphoric acid groups is 1. The van der Waals surface area contributed by atoms with Crippen molar-refractivity contribution < 1.29 is 42.1 Å². The highest BCUT2D eigenvalue weighted by Gasteiger charge is 2.22. The number of hydrogen-bond acceptors (Lipinski definition) is 8. The van der Waals surface area contributed by atoms with Crippen LogP contribution >= 0.6 is 7.82 Å². The van der Waals surface area contributed by atoms with Crippen LogP contribution in [0.25, 0.3) is 0 Å². The third-order valence-corrected chi connectivity index (χ3v) is 17.6. The molecule has 0 aliphatic heterocycles. The van der Waals surface area contributed by atoms with Crippen molar-refractivity contribution in [2.24, 2.45) is 0 Å². The second kappa shape index (κ2) is 70.3. The van der Waals surface area contributed by atoms with Gasteiger partial charge in [0.1, 0.15) is 19.8 Å². The quantitative estimate of drug-likeness (QED) is 0.0195. The van der Waals surface area contributed by atoms with Crippen molar-refractivity contribution in [3.63, 3.8) is 0 Å². The average molecular weight is 1280 g/mol. The topological polar surface area (TPSA) is 111 Å². The Morgan fingerprint density at radius 2 is 0.633 bits per heavy atom. The highest BCUT2D eigenvalue weighted by Crippen LogP contribution is 2.38. The molecule has 0 heterocycles. The van der Waals surface area contributed by atoms with Crippen molar-refractivity contribution >= 4 is 19.8 Å². The van der Waals surface area contributed by atoms with Gasteiger partial charge in [-0.15, -0.1) is 0 Å². The normalized spacial score (nSPS) is 13.6. The van der Waals surface area contributed by atoms with E-state index < -0.39 is 26.5 Å². The molecule has 0 aromatic heterocycles. The van der Waals surface area contributed by atoms with Gasteiger partial charge in [0.15, 0.2) is 6.10 Å². The smallest absolute Gasteiger partial charge is 0.306 e. The highest BCUT2D eigenvalue weighted by atomic mass is 31.2. The molecule has 0 aromatic rings. The van der Waals surface area contributed by atoms with Gasteiger partial charge >= 0.3 is 11.9 Å². The van der Waals surface area contributed by atoms with Gasteiger partial charge in [-0.1, -0.05) is 336 Å². The fraction of sp³-hybridized carbons (Fsp3) is 0.775. The Hall–Kier alpha value is -3.07. The molecule has 0 spiro atoms. The van der Waals surface area contributed by atoms with Crippen molar-refractivity contribution in [2.45, 2.75) is 354 Å². The fourth-order valence-electron chi connectivity index (χ4n) is 10.8. The van der Waals surface area contributed by atoms with Gasteiger partial charge in [-0.05, 0) is 96.3 Å². The number of carbonyl (C=O) groups is 2. The molecule has 0 amide bonds. The maximum absolute atomic E-state index is 12.9. The summed E-state index contributed by atoms with van der Waals surface area (Å²) >= 11 is 0. The number of nitrogens with zero attached hydrogens (tertiary/aromatic N) is 1. The number of ether oxygens (including phenoxy) is 2. The maximum atomic E-state index is 12.9. The van der Waals surface area contributed by atoms with Gasteiger partial charge in [-0.25, -0.2) is 0 Å². The number of allylic oxidation sites excluding steroid dienone is 16. The summed E-state index contributed by atoms with van der Waals surface area (Å²) in [5.74, 6) is -0.822. The minimum atomic E-state index is -4.65. The molecule has 0 aromatic carbocycles. The number of esters is 2. The molecule has 0 aliphatic carbocycles. The van der Waals surface area contributed by atoms with Crippen molar-refractivity contribution in [2.75, 3.05) is 47.5 Å². The molecule has 0 rings (SSSR count). The van der Waals surface area contributed by atoms with E-state index in [2.05, 4.69) is 111 Å². The number of phosphoric ester groups is 1. The highest BCUT2D eigenvalue weighted by molar-refractivity contribution is 7.45. The Morgan fingerprint density at radius 1 is 0.356 bits per heavy atom. The third-order valence-electron chi connectivity index (χ3n) is 16.6. The first kappa shape index (κ1) is 86.9. The van der Waals surface area contributed by atoms with Gasteiger partial charge in [-0.3, -0.25) is 14.2 Å². The lowest BCUT2D eigenvalue weighted by Gasteiger charge is -2.28. The molecule has 0 radical (unpaired) electrons. The van der Waals surface area contributed by atoms with E-state index in [-0.39, 0.29) is 32.0 Å². The van der Waals surface area contributed by atoms with Gasteiger partial charge in [0.05, 0.1) is 27.7 Å². The average Bonchev–Trinajstić information content (AvgIpc) is 3.58. The first-order valence-electron chi connectivity index (χ1n) is 37.9. The van der Waals surface area contributed by atoms with Gasteiger partial charge in [0, 0.05) is 12.8 Å². The van der Waals surface area contributed by atoms with Crippen LogP contribution in [0.15, 0.2) is 97.2 Å². The summed E-state index contributed by atoms with van der Waals surface area (Å²) in [4.78, 5) is 38.1. The Bertz CT molecular complexity index is 1840. The summed E-state index contributed by atoms with van der Waals surface area (Å²) in [5, 5.41) is 0. The minimum Gasteiger partial charge on any atom is -0.756 e.